The van der Waals surface area contributed by atoms with Crippen LogP contribution in [0.5, 0.6) is 0 Å². The van der Waals surface area contributed by atoms with E-state index in [2.05, 4.69) is 0 Å². The zero-order chi connectivity index (χ0) is 15.3. The number of sulfone groups is 1. The van der Waals surface area contributed by atoms with Gasteiger partial charge in [-0.05, 0) is 12.8 Å². The first-order valence-electron chi connectivity index (χ1n) is 5.96. The molecule has 0 amide bonds. The molecule has 1 unspecified atom stereocenters. The molecule has 1 atom stereocenters. The van der Waals surface area contributed by atoms with Gasteiger partial charge in [0.25, 0.3) is 5.69 Å². The maximum atomic E-state index is 11.9. The van der Waals surface area contributed by atoms with Gasteiger partial charge in [0.2, 0.25) is 0 Å². The van der Waals surface area contributed by atoms with Crippen LogP contribution in [-0.2, 0) is 21.1 Å². The van der Waals surface area contributed by atoms with Gasteiger partial charge in [0, 0.05) is 11.6 Å². The first-order valence-corrected chi connectivity index (χ1v) is 7.67. The van der Waals surface area contributed by atoms with Crippen LogP contribution < -0.4 is 0 Å². The Morgan fingerprint density at radius 2 is 2.00 bits per heavy atom. The monoisotopic (exact) mass is 301 g/mol. The average molecular weight is 301 g/mol. The minimum absolute atomic E-state index is 0.0332. The Bertz CT molecular complexity index is 610. The lowest BCUT2D eigenvalue weighted by Gasteiger charge is -2.11. The molecule has 0 aliphatic heterocycles. The molecule has 0 aliphatic rings. The van der Waals surface area contributed by atoms with E-state index in [1.165, 1.54) is 25.1 Å². The molecule has 0 bridgehead atoms. The Balaban J connectivity index is 2.92. The Hall–Kier alpha value is -1.96. The minimum Gasteiger partial charge on any atom is -0.480 e. The van der Waals surface area contributed by atoms with Crippen molar-refractivity contribution in [2.75, 3.05) is 5.75 Å². The summed E-state index contributed by atoms with van der Waals surface area (Å²) >= 11 is 0. The summed E-state index contributed by atoms with van der Waals surface area (Å²) in [6, 6.07) is 5.82. The number of benzene rings is 1. The molecule has 1 N–H and O–H groups in total. The molecule has 0 heterocycles. The van der Waals surface area contributed by atoms with Crippen molar-refractivity contribution in [3.05, 3.63) is 39.9 Å². The van der Waals surface area contributed by atoms with E-state index in [0.29, 0.717) is 0 Å². The lowest BCUT2D eigenvalue weighted by atomic mass is 10.1. The highest BCUT2D eigenvalue weighted by molar-refractivity contribution is 7.92. The van der Waals surface area contributed by atoms with E-state index in [-0.39, 0.29) is 24.1 Å². The van der Waals surface area contributed by atoms with E-state index >= 15 is 0 Å². The van der Waals surface area contributed by atoms with Crippen LogP contribution in [0.25, 0.3) is 0 Å². The third-order valence-corrected chi connectivity index (χ3v) is 5.10. The molecule has 20 heavy (non-hydrogen) atoms. The van der Waals surface area contributed by atoms with Gasteiger partial charge in [-0.2, -0.15) is 0 Å². The number of carboxylic acid groups (broad SMARTS) is 1. The highest BCUT2D eigenvalue weighted by atomic mass is 32.2. The number of carboxylic acids is 1. The maximum Gasteiger partial charge on any atom is 0.321 e. The van der Waals surface area contributed by atoms with Crippen LogP contribution in [0.3, 0.4) is 0 Å². The lowest BCUT2D eigenvalue weighted by Crippen LogP contribution is -2.32. The summed E-state index contributed by atoms with van der Waals surface area (Å²) in [5, 5.41) is 18.2. The fourth-order valence-corrected chi connectivity index (χ4v) is 3.48. The molecule has 110 valence electrons. The number of para-hydroxylation sites is 1. The second-order valence-corrected chi connectivity index (χ2v) is 6.54. The van der Waals surface area contributed by atoms with Crippen LogP contribution in [0.1, 0.15) is 18.9 Å². The number of hydrogen-bond acceptors (Lipinski definition) is 5. The van der Waals surface area contributed by atoms with Crippen molar-refractivity contribution in [3.63, 3.8) is 0 Å². The van der Waals surface area contributed by atoms with Crippen molar-refractivity contribution in [3.8, 4) is 0 Å². The highest BCUT2D eigenvalue weighted by Crippen LogP contribution is 2.19. The van der Waals surface area contributed by atoms with Gasteiger partial charge in [0.15, 0.2) is 15.1 Å². The molecular formula is C12H15NO6S. The molecule has 0 radical (unpaired) electrons. The normalized spacial score (nSPS) is 12.8. The molecule has 0 fully saturated rings. The van der Waals surface area contributed by atoms with Crippen molar-refractivity contribution in [2.24, 2.45) is 0 Å². The molecule has 1 rings (SSSR count). The van der Waals surface area contributed by atoms with Crippen molar-refractivity contribution in [1.29, 1.82) is 0 Å². The minimum atomic E-state index is -3.83. The second kappa shape index (κ2) is 6.47. The third kappa shape index (κ3) is 3.77. The summed E-state index contributed by atoms with van der Waals surface area (Å²) in [5.41, 5.74) is 0.118. The van der Waals surface area contributed by atoms with Crippen LogP contribution in [0.15, 0.2) is 24.3 Å². The standard InChI is InChI=1S/C12H15NO6S/c1-2-11(12(14)15)20(18,19)8-7-9-5-3-4-6-10(9)13(16)17/h3-6,11H,2,7-8H2,1H3,(H,14,15). The zero-order valence-corrected chi connectivity index (χ0v) is 11.7. The Kier molecular flexibility index (Phi) is 5.20. The molecule has 7 nitrogen and oxygen atoms in total. The molecule has 8 heteroatoms. The number of hydrogen-bond donors (Lipinski definition) is 1. The van der Waals surface area contributed by atoms with E-state index in [0.717, 1.165) is 0 Å². The summed E-state index contributed by atoms with van der Waals surface area (Å²) in [7, 11) is -3.83. The SMILES string of the molecule is CCC(C(=O)O)S(=O)(=O)CCc1ccccc1[N+](=O)[O-]. The summed E-state index contributed by atoms with van der Waals surface area (Å²) in [6.45, 7) is 1.47. The fraction of sp³-hybridized carbons (Fsp3) is 0.417. The number of nitro groups is 1. The number of aliphatic carboxylic acids is 1. The summed E-state index contributed by atoms with van der Waals surface area (Å²) < 4.78 is 23.8. The van der Waals surface area contributed by atoms with Gasteiger partial charge < -0.3 is 5.11 Å². The third-order valence-electron chi connectivity index (χ3n) is 2.92. The van der Waals surface area contributed by atoms with Gasteiger partial charge in [-0.25, -0.2) is 8.42 Å². The predicted molar refractivity (Wildman–Crippen MR) is 72.3 cm³/mol. The molecule has 0 aromatic heterocycles. The van der Waals surface area contributed by atoms with E-state index in [1.807, 2.05) is 0 Å². The average Bonchev–Trinajstić information content (AvgIpc) is 2.36. The van der Waals surface area contributed by atoms with E-state index in [1.54, 1.807) is 6.07 Å². The molecule has 0 spiro atoms. The topological polar surface area (TPSA) is 115 Å². The Morgan fingerprint density at radius 1 is 1.40 bits per heavy atom. The quantitative estimate of drug-likeness (QED) is 0.601. The Morgan fingerprint density at radius 3 is 2.50 bits per heavy atom. The molecule has 0 aliphatic carbocycles. The number of aryl methyl sites for hydroxylation is 1. The van der Waals surface area contributed by atoms with Crippen molar-refractivity contribution in [1.82, 2.24) is 0 Å². The van der Waals surface area contributed by atoms with Gasteiger partial charge in [-0.3, -0.25) is 14.9 Å². The summed E-state index contributed by atoms with van der Waals surface area (Å²) in [5.74, 6) is -1.82. The number of nitrogens with zero attached hydrogens (tertiary/aromatic N) is 1. The van der Waals surface area contributed by atoms with Gasteiger partial charge in [0.1, 0.15) is 0 Å². The summed E-state index contributed by atoms with van der Waals surface area (Å²) in [4.78, 5) is 21.1. The number of carbonyl (C=O) groups is 1. The smallest absolute Gasteiger partial charge is 0.321 e. The van der Waals surface area contributed by atoms with E-state index in [4.69, 9.17) is 5.11 Å². The van der Waals surface area contributed by atoms with Crippen LogP contribution in [0.2, 0.25) is 0 Å². The number of nitro benzene ring substituents is 1. The largest absolute Gasteiger partial charge is 0.480 e. The molecule has 0 saturated heterocycles. The first-order chi connectivity index (χ1) is 9.29. The van der Waals surface area contributed by atoms with E-state index in [9.17, 15) is 23.3 Å². The molecule has 1 aromatic carbocycles. The van der Waals surface area contributed by atoms with Crippen LogP contribution in [0.4, 0.5) is 5.69 Å². The molecule has 1 aromatic rings. The van der Waals surface area contributed by atoms with E-state index < -0.39 is 31.7 Å². The fourth-order valence-electron chi connectivity index (χ4n) is 1.88. The number of rotatable bonds is 7. The van der Waals surface area contributed by atoms with Crippen LogP contribution in [-0.4, -0.2) is 35.4 Å². The second-order valence-electron chi connectivity index (χ2n) is 4.24. The molecule has 0 saturated carbocycles. The van der Waals surface area contributed by atoms with Gasteiger partial charge in [-0.15, -0.1) is 0 Å². The van der Waals surface area contributed by atoms with Crippen LogP contribution >= 0.6 is 0 Å². The summed E-state index contributed by atoms with van der Waals surface area (Å²) in [6.07, 6.45) is -0.113. The Labute approximate surface area is 116 Å². The lowest BCUT2D eigenvalue weighted by molar-refractivity contribution is -0.385. The van der Waals surface area contributed by atoms with Crippen molar-refractivity contribution in [2.45, 2.75) is 25.0 Å². The van der Waals surface area contributed by atoms with Gasteiger partial charge in [0.05, 0.1) is 10.7 Å². The van der Waals surface area contributed by atoms with Crippen molar-refractivity contribution >= 4 is 21.5 Å². The van der Waals surface area contributed by atoms with Gasteiger partial charge >= 0.3 is 5.97 Å². The highest BCUT2D eigenvalue weighted by Gasteiger charge is 2.30. The van der Waals surface area contributed by atoms with Crippen molar-refractivity contribution < 1.29 is 23.2 Å². The van der Waals surface area contributed by atoms with Gasteiger partial charge in [-0.1, -0.05) is 25.1 Å². The maximum absolute atomic E-state index is 11.9. The predicted octanol–water partition coefficient (Wildman–Crippen LogP) is 1.42. The first kappa shape index (κ1) is 16.1. The molecular weight excluding hydrogens is 286 g/mol. The van der Waals surface area contributed by atoms with Crippen LogP contribution in [0, 0.1) is 10.1 Å². The zero-order valence-electron chi connectivity index (χ0n) is 10.9.